The number of aromatic carboxylic acids is 1. The smallest absolute Gasteiger partial charge is 0.335 e. The van der Waals surface area contributed by atoms with E-state index in [-0.39, 0.29) is 24.6 Å². The predicted molar refractivity (Wildman–Crippen MR) is 85.0 cm³/mol. The Balaban J connectivity index is 2.08. The second kappa shape index (κ2) is 7.29. The third-order valence-electron chi connectivity index (χ3n) is 3.43. The first-order valence-electron chi connectivity index (χ1n) is 6.86. The zero-order valence-corrected chi connectivity index (χ0v) is 12.8. The second-order valence-corrected chi connectivity index (χ2v) is 5.40. The molecule has 1 amide bonds. The average molecular weight is 319 g/mol. The molecule has 0 fully saturated rings. The van der Waals surface area contributed by atoms with Crippen molar-refractivity contribution in [2.45, 2.75) is 24.3 Å². The van der Waals surface area contributed by atoms with Gasteiger partial charge in [0.1, 0.15) is 0 Å². The van der Waals surface area contributed by atoms with Crippen LogP contribution in [-0.2, 0) is 11.3 Å². The quantitative estimate of drug-likeness (QED) is 0.625. The van der Waals surface area contributed by atoms with Gasteiger partial charge in [0.2, 0.25) is 0 Å². The Morgan fingerprint density at radius 3 is 2.64 bits per heavy atom. The summed E-state index contributed by atoms with van der Waals surface area (Å²) >= 11 is 4.27. The van der Waals surface area contributed by atoms with Gasteiger partial charge in [0.25, 0.3) is 5.91 Å². The number of benzene rings is 1. The van der Waals surface area contributed by atoms with Crippen LogP contribution in [0.25, 0.3) is 0 Å². The molecule has 2 rings (SSSR count). The molecule has 0 saturated heterocycles. The van der Waals surface area contributed by atoms with Gasteiger partial charge in [0.15, 0.2) is 0 Å². The minimum atomic E-state index is -1.03. The number of aliphatic hydroxyl groups is 1. The largest absolute Gasteiger partial charge is 0.478 e. The fourth-order valence-corrected chi connectivity index (χ4v) is 2.46. The summed E-state index contributed by atoms with van der Waals surface area (Å²) in [4.78, 5) is 23.8. The van der Waals surface area contributed by atoms with Crippen molar-refractivity contribution in [3.63, 3.8) is 0 Å². The molecular formula is C16H17NO4S. The molecule has 0 heterocycles. The van der Waals surface area contributed by atoms with Gasteiger partial charge in [0, 0.05) is 17.0 Å². The fourth-order valence-electron chi connectivity index (χ4n) is 2.25. The maximum atomic E-state index is 12.2. The molecule has 1 aliphatic carbocycles. The number of carbonyl (C=O) groups excluding carboxylic acids is 1. The Morgan fingerprint density at radius 2 is 1.95 bits per heavy atom. The summed E-state index contributed by atoms with van der Waals surface area (Å²) < 4.78 is 0. The topological polar surface area (TPSA) is 86.6 Å². The van der Waals surface area contributed by atoms with Gasteiger partial charge in [-0.25, -0.2) is 4.79 Å². The van der Waals surface area contributed by atoms with Crippen molar-refractivity contribution in [1.82, 2.24) is 5.32 Å². The second-order valence-electron chi connectivity index (χ2n) is 4.91. The van der Waals surface area contributed by atoms with Crippen LogP contribution in [0.2, 0.25) is 0 Å². The first kappa shape index (κ1) is 16.3. The number of allylic oxidation sites excluding steroid dienone is 2. The van der Waals surface area contributed by atoms with Crippen molar-refractivity contribution in [3.8, 4) is 0 Å². The number of aliphatic hydroxyl groups excluding tert-OH is 1. The third-order valence-corrected chi connectivity index (χ3v) is 3.87. The van der Waals surface area contributed by atoms with Crippen LogP contribution >= 0.6 is 12.6 Å². The zero-order valence-electron chi connectivity index (χ0n) is 11.9. The molecule has 0 spiro atoms. The van der Waals surface area contributed by atoms with Crippen molar-refractivity contribution < 1.29 is 19.8 Å². The minimum Gasteiger partial charge on any atom is -0.478 e. The molecule has 0 radical (unpaired) electrons. The molecule has 0 aromatic heterocycles. The molecule has 5 nitrogen and oxygen atoms in total. The first-order chi connectivity index (χ1) is 10.5. The van der Waals surface area contributed by atoms with Crippen LogP contribution in [-0.4, -0.2) is 28.7 Å². The van der Waals surface area contributed by atoms with E-state index < -0.39 is 5.97 Å². The summed E-state index contributed by atoms with van der Waals surface area (Å²) in [5.74, 6) is -1.31. The van der Waals surface area contributed by atoms with Crippen LogP contribution < -0.4 is 5.32 Å². The predicted octanol–water partition coefficient (Wildman–Crippen LogP) is 1.93. The van der Waals surface area contributed by atoms with Gasteiger partial charge in [-0.2, -0.15) is 0 Å². The molecule has 22 heavy (non-hydrogen) atoms. The van der Waals surface area contributed by atoms with Crippen LogP contribution in [0.4, 0.5) is 0 Å². The van der Waals surface area contributed by atoms with Crippen molar-refractivity contribution in [1.29, 1.82) is 0 Å². The average Bonchev–Trinajstić information content (AvgIpc) is 2.53. The van der Waals surface area contributed by atoms with Crippen LogP contribution in [0, 0.1) is 0 Å². The number of amides is 1. The normalized spacial score (nSPS) is 14.1. The number of hydrogen-bond acceptors (Lipinski definition) is 4. The summed E-state index contributed by atoms with van der Waals surface area (Å²) in [6, 6.07) is 4.54. The van der Waals surface area contributed by atoms with Gasteiger partial charge in [-0.3, -0.25) is 4.79 Å². The van der Waals surface area contributed by atoms with E-state index in [1.807, 2.05) is 6.08 Å². The van der Waals surface area contributed by atoms with Crippen molar-refractivity contribution in [2.24, 2.45) is 0 Å². The molecule has 3 N–H and O–H groups in total. The SMILES string of the molecule is O=C(NCc1cc(C(=O)O)ccc1S)C1=CCCC=C1CO. The summed E-state index contributed by atoms with van der Waals surface area (Å²) in [5.41, 5.74) is 1.87. The van der Waals surface area contributed by atoms with Crippen LogP contribution in [0.5, 0.6) is 0 Å². The van der Waals surface area contributed by atoms with E-state index in [0.29, 0.717) is 21.6 Å². The molecule has 1 aliphatic rings. The Hall–Kier alpha value is -2.05. The lowest BCUT2D eigenvalue weighted by atomic mass is 9.97. The lowest BCUT2D eigenvalue weighted by molar-refractivity contribution is -0.117. The lowest BCUT2D eigenvalue weighted by Crippen LogP contribution is -2.27. The number of carboxylic acid groups (broad SMARTS) is 1. The number of nitrogens with one attached hydrogen (secondary N) is 1. The summed E-state index contributed by atoms with van der Waals surface area (Å²) in [5, 5.41) is 21.0. The van der Waals surface area contributed by atoms with Gasteiger partial charge in [0.05, 0.1) is 12.2 Å². The highest BCUT2D eigenvalue weighted by Gasteiger charge is 2.16. The van der Waals surface area contributed by atoms with Crippen molar-refractivity contribution in [2.75, 3.05) is 6.61 Å². The van der Waals surface area contributed by atoms with E-state index in [9.17, 15) is 14.7 Å². The van der Waals surface area contributed by atoms with E-state index in [4.69, 9.17) is 5.11 Å². The highest BCUT2D eigenvalue weighted by Crippen LogP contribution is 2.20. The Morgan fingerprint density at radius 1 is 1.23 bits per heavy atom. The fraction of sp³-hybridized carbons (Fsp3) is 0.250. The van der Waals surface area contributed by atoms with Gasteiger partial charge in [-0.15, -0.1) is 12.6 Å². The molecule has 0 unspecified atom stereocenters. The molecular weight excluding hydrogens is 302 g/mol. The number of carboxylic acids is 1. The third kappa shape index (κ3) is 3.78. The number of hydrogen-bond donors (Lipinski definition) is 4. The highest BCUT2D eigenvalue weighted by molar-refractivity contribution is 7.80. The van der Waals surface area contributed by atoms with Gasteiger partial charge >= 0.3 is 5.97 Å². The maximum absolute atomic E-state index is 12.2. The molecule has 116 valence electrons. The minimum absolute atomic E-state index is 0.148. The van der Waals surface area contributed by atoms with Crippen molar-refractivity contribution in [3.05, 3.63) is 52.6 Å². The Bertz CT molecular complexity index is 664. The molecule has 0 bridgehead atoms. The number of thiol groups is 1. The van der Waals surface area contributed by atoms with Gasteiger partial charge < -0.3 is 15.5 Å². The highest BCUT2D eigenvalue weighted by atomic mass is 32.1. The van der Waals surface area contributed by atoms with Crippen LogP contribution in [0.15, 0.2) is 46.4 Å². The van der Waals surface area contributed by atoms with E-state index in [0.717, 1.165) is 12.8 Å². The number of rotatable bonds is 5. The standard InChI is InChI=1S/C16H17NO4S/c18-9-11-3-1-2-4-13(11)15(19)17-8-12-7-10(16(20)21)5-6-14(12)22/h3-7,18,22H,1-2,8-9H2,(H,17,19)(H,20,21). The van der Waals surface area contributed by atoms with Crippen molar-refractivity contribution >= 4 is 24.5 Å². The molecule has 6 heteroatoms. The summed E-state index contributed by atoms with van der Waals surface area (Å²) in [7, 11) is 0. The van der Waals surface area contributed by atoms with Crippen LogP contribution in [0.1, 0.15) is 28.8 Å². The van der Waals surface area contributed by atoms with Crippen LogP contribution in [0.3, 0.4) is 0 Å². The molecule has 1 aromatic rings. The molecule has 1 aromatic carbocycles. The first-order valence-corrected chi connectivity index (χ1v) is 7.31. The van der Waals surface area contributed by atoms with E-state index >= 15 is 0 Å². The maximum Gasteiger partial charge on any atom is 0.335 e. The summed E-state index contributed by atoms with van der Waals surface area (Å²) in [6.45, 7) is 0.000403. The van der Waals surface area contributed by atoms with E-state index in [1.165, 1.54) is 12.1 Å². The monoisotopic (exact) mass is 319 g/mol. The number of carbonyl (C=O) groups is 2. The van der Waals surface area contributed by atoms with E-state index in [1.54, 1.807) is 12.1 Å². The Kier molecular flexibility index (Phi) is 5.41. The van der Waals surface area contributed by atoms with Gasteiger partial charge in [-0.05, 0) is 42.2 Å². The zero-order chi connectivity index (χ0) is 16.1. The van der Waals surface area contributed by atoms with E-state index in [2.05, 4.69) is 17.9 Å². The lowest BCUT2D eigenvalue weighted by Gasteiger charge is -2.15. The Labute approximate surface area is 133 Å². The molecule has 0 aliphatic heterocycles. The molecule has 0 atom stereocenters. The molecule has 0 saturated carbocycles. The van der Waals surface area contributed by atoms with Gasteiger partial charge in [-0.1, -0.05) is 12.2 Å². The summed E-state index contributed by atoms with van der Waals surface area (Å²) in [6.07, 6.45) is 5.23.